The summed E-state index contributed by atoms with van der Waals surface area (Å²) in [6.07, 6.45) is 5.49. The molecule has 0 atom stereocenters. The Morgan fingerprint density at radius 1 is 1.07 bits per heavy atom. The second-order valence-corrected chi connectivity index (χ2v) is 4.65. The zero-order chi connectivity index (χ0) is 21.8. The van der Waals surface area contributed by atoms with Crippen LogP contribution < -0.4 is 0 Å². The molecule has 0 spiro atoms. The van der Waals surface area contributed by atoms with Gasteiger partial charge in [-0.3, -0.25) is 9.59 Å². The predicted octanol–water partition coefficient (Wildman–Crippen LogP) is 2.53. The highest BCUT2D eigenvalue weighted by Crippen LogP contribution is 2.08. The number of carbonyl (C=O) groups excluding carboxylic acids is 4. The monoisotopic (exact) mass is 383 g/mol. The summed E-state index contributed by atoms with van der Waals surface area (Å²) in [7, 11) is 2.64. The first-order valence-corrected chi connectivity index (χ1v) is 7.75. The fourth-order valence-electron chi connectivity index (χ4n) is 1.24. The smallest absolute Gasteiger partial charge is 0.332 e. The second kappa shape index (κ2) is 19.2. The van der Waals surface area contributed by atoms with E-state index in [1.807, 2.05) is 0 Å². The molecular weight excluding hydrogens is 354 g/mol. The molecule has 1 saturated heterocycles. The Morgan fingerprint density at radius 3 is 1.70 bits per heavy atom. The maximum absolute atomic E-state index is 10.7. The highest BCUT2D eigenvalue weighted by molar-refractivity contribution is 5.86. The molecule has 1 aliphatic rings. The Kier molecular flexibility index (Phi) is 20.3. The number of carbonyl (C=O) groups is 4. The average molecular weight is 383 g/mol. The van der Waals surface area contributed by atoms with Gasteiger partial charge in [-0.1, -0.05) is 26.3 Å². The van der Waals surface area contributed by atoms with Gasteiger partial charge in [-0.05, 0) is 19.5 Å². The molecule has 152 valence electrons. The largest absolute Gasteiger partial charge is 0.466 e. The van der Waals surface area contributed by atoms with Crippen molar-refractivity contribution in [3.8, 4) is 0 Å². The molecule has 0 bridgehead atoms. The fraction of sp³-hybridized carbons (Fsp3) is 0.368. The number of hydrogen-bond acceptors (Lipinski definition) is 7. The standard InChI is InChI=1S/C6H9NO.C5H8O2.2C4H6O2/c1-2-7-5-3-4-6(7)8;1-4(2)5(6)7-3;1-3-4(5)6-2;1-3-6-4(2)5/h2H,1,3-5H2;1H2,2-3H3;2*3H,1H2,2H3. The first-order chi connectivity index (χ1) is 12.6. The van der Waals surface area contributed by atoms with Crippen molar-refractivity contribution in [2.75, 3.05) is 20.8 Å². The van der Waals surface area contributed by atoms with Crippen LogP contribution in [0.15, 0.2) is 50.4 Å². The van der Waals surface area contributed by atoms with Crippen molar-refractivity contribution in [1.82, 2.24) is 4.90 Å². The normalized spacial score (nSPS) is 10.8. The quantitative estimate of drug-likeness (QED) is 0.318. The highest BCUT2D eigenvalue weighted by atomic mass is 16.5. The van der Waals surface area contributed by atoms with Gasteiger partial charge in [0.15, 0.2) is 0 Å². The molecule has 1 aliphatic heterocycles. The number of hydrogen-bond donors (Lipinski definition) is 0. The van der Waals surface area contributed by atoms with Crippen molar-refractivity contribution in [1.29, 1.82) is 0 Å². The van der Waals surface area contributed by atoms with Gasteiger partial charge < -0.3 is 19.1 Å². The molecule has 0 unspecified atom stereocenters. The van der Waals surface area contributed by atoms with E-state index in [0.29, 0.717) is 12.0 Å². The molecular formula is C19H29NO7. The minimum Gasteiger partial charge on any atom is -0.466 e. The number of ether oxygens (including phenoxy) is 3. The van der Waals surface area contributed by atoms with E-state index in [4.69, 9.17) is 0 Å². The van der Waals surface area contributed by atoms with Crippen LogP contribution in [-0.2, 0) is 33.4 Å². The molecule has 0 aromatic rings. The van der Waals surface area contributed by atoms with Crippen LogP contribution in [0.25, 0.3) is 0 Å². The van der Waals surface area contributed by atoms with Crippen molar-refractivity contribution in [2.45, 2.75) is 26.7 Å². The summed E-state index contributed by atoms with van der Waals surface area (Å²) < 4.78 is 12.6. The van der Waals surface area contributed by atoms with E-state index in [9.17, 15) is 19.2 Å². The number of likely N-dealkylation sites (tertiary alicyclic amines) is 1. The molecule has 8 heteroatoms. The van der Waals surface area contributed by atoms with Crippen LogP contribution in [0.2, 0.25) is 0 Å². The van der Waals surface area contributed by atoms with Crippen molar-refractivity contribution >= 4 is 23.8 Å². The molecule has 1 heterocycles. The van der Waals surface area contributed by atoms with E-state index < -0.39 is 5.97 Å². The molecule has 0 saturated carbocycles. The molecule has 0 aromatic carbocycles. The van der Waals surface area contributed by atoms with Gasteiger partial charge in [0.1, 0.15) is 0 Å². The van der Waals surface area contributed by atoms with E-state index in [2.05, 4.69) is 40.5 Å². The van der Waals surface area contributed by atoms with Crippen molar-refractivity contribution in [2.24, 2.45) is 0 Å². The minimum absolute atomic E-state index is 0.208. The summed E-state index contributed by atoms with van der Waals surface area (Å²) in [5, 5.41) is 0. The van der Waals surface area contributed by atoms with E-state index in [1.54, 1.807) is 18.0 Å². The van der Waals surface area contributed by atoms with E-state index in [1.165, 1.54) is 21.1 Å². The van der Waals surface area contributed by atoms with Crippen LogP contribution in [-0.4, -0.2) is 49.5 Å². The molecule has 0 aliphatic carbocycles. The third kappa shape index (κ3) is 20.8. The number of amides is 1. The summed E-state index contributed by atoms with van der Waals surface area (Å²) >= 11 is 0. The lowest BCUT2D eigenvalue weighted by Gasteiger charge is -2.05. The lowest BCUT2D eigenvalue weighted by atomic mass is 10.4. The maximum atomic E-state index is 10.7. The molecule has 1 amide bonds. The van der Waals surface area contributed by atoms with Gasteiger partial charge in [-0.15, -0.1) is 0 Å². The predicted molar refractivity (Wildman–Crippen MR) is 102 cm³/mol. The van der Waals surface area contributed by atoms with Gasteiger partial charge in [0.05, 0.1) is 20.5 Å². The maximum Gasteiger partial charge on any atom is 0.332 e. The third-order valence-electron chi connectivity index (χ3n) is 2.48. The van der Waals surface area contributed by atoms with Crippen LogP contribution in [0.4, 0.5) is 0 Å². The van der Waals surface area contributed by atoms with Gasteiger partial charge in [0, 0.05) is 31.5 Å². The van der Waals surface area contributed by atoms with Crippen molar-refractivity contribution in [3.63, 3.8) is 0 Å². The SMILES string of the molecule is C=C(C)C(=O)OC.C=CC(=O)OC.C=CN1CCCC1=O.C=COC(C)=O. The molecule has 1 rings (SSSR count). The van der Waals surface area contributed by atoms with Crippen molar-refractivity contribution < 1.29 is 33.4 Å². The average Bonchev–Trinajstić information content (AvgIpc) is 3.06. The zero-order valence-corrected chi connectivity index (χ0v) is 16.5. The fourth-order valence-corrected chi connectivity index (χ4v) is 1.24. The van der Waals surface area contributed by atoms with Gasteiger partial charge in [-0.25, -0.2) is 9.59 Å². The summed E-state index contributed by atoms with van der Waals surface area (Å²) in [6, 6.07) is 0. The molecule has 0 N–H and O–H groups in total. The third-order valence-corrected chi connectivity index (χ3v) is 2.48. The van der Waals surface area contributed by atoms with Crippen molar-refractivity contribution in [3.05, 3.63) is 50.4 Å². The highest BCUT2D eigenvalue weighted by Gasteiger charge is 2.15. The Hall–Kier alpha value is -3.16. The van der Waals surface area contributed by atoms with Crippen LogP contribution in [0.5, 0.6) is 0 Å². The first-order valence-electron chi connectivity index (χ1n) is 7.75. The first kappa shape index (κ1) is 28.6. The Balaban J connectivity index is -0.000000287. The Morgan fingerprint density at radius 2 is 1.63 bits per heavy atom. The summed E-state index contributed by atoms with van der Waals surface area (Å²) in [5.74, 6) is -0.861. The molecule has 0 aromatic heterocycles. The lowest BCUT2D eigenvalue weighted by molar-refractivity contribution is -0.136. The second-order valence-electron chi connectivity index (χ2n) is 4.65. The molecule has 8 nitrogen and oxygen atoms in total. The molecule has 1 fully saturated rings. The topological polar surface area (TPSA) is 99.2 Å². The van der Waals surface area contributed by atoms with E-state index >= 15 is 0 Å². The Bertz CT molecular complexity index is 538. The van der Waals surface area contributed by atoms with Crippen LogP contribution in [0, 0.1) is 0 Å². The van der Waals surface area contributed by atoms with Crippen LogP contribution >= 0.6 is 0 Å². The number of rotatable bonds is 4. The lowest BCUT2D eigenvalue weighted by Crippen LogP contribution is -2.16. The number of nitrogens with zero attached hydrogens (tertiary/aromatic N) is 1. The van der Waals surface area contributed by atoms with E-state index in [0.717, 1.165) is 25.3 Å². The van der Waals surface area contributed by atoms with E-state index in [-0.39, 0.29) is 17.8 Å². The summed E-state index contributed by atoms with van der Waals surface area (Å²) in [5.41, 5.74) is 0.433. The zero-order valence-electron chi connectivity index (χ0n) is 16.5. The van der Waals surface area contributed by atoms with Gasteiger partial charge in [0.25, 0.3) is 0 Å². The minimum atomic E-state index is -0.394. The summed E-state index contributed by atoms with van der Waals surface area (Å²) in [4.78, 5) is 42.1. The van der Waals surface area contributed by atoms with Crippen LogP contribution in [0.3, 0.4) is 0 Å². The number of esters is 3. The molecule has 27 heavy (non-hydrogen) atoms. The van der Waals surface area contributed by atoms with Gasteiger partial charge in [0.2, 0.25) is 5.91 Å². The van der Waals surface area contributed by atoms with Crippen LogP contribution in [0.1, 0.15) is 26.7 Å². The Labute approximate surface area is 160 Å². The summed E-state index contributed by atoms with van der Waals surface area (Å²) in [6.45, 7) is 17.0. The van der Waals surface area contributed by atoms with Gasteiger partial charge >= 0.3 is 17.9 Å². The number of methoxy groups -OCH3 is 2. The molecule has 0 radical (unpaired) electrons. The van der Waals surface area contributed by atoms with Gasteiger partial charge in [-0.2, -0.15) is 0 Å².